The van der Waals surface area contributed by atoms with Gasteiger partial charge in [0, 0.05) is 6.54 Å². The second-order valence-electron chi connectivity index (χ2n) is 3.34. The van der Waals surface area contributed by atoms with Crippen LogP contribution in [0, 0.1) is 0 Å². The van der Waals surface area contributed by atoms with Gasteiger partial charge in [0.25, 0.3) is 11.8 Å². The highest BCUT2D eigenvalue weighted by Crippen LogP contribution is 2.13. The molecule has 5 heteroatoms. The highest BCUT2D eigenvalue weighted by Gasteiger charge is 2.35. The van der Waals surface area contributed by atoms with E-state index in [0.717, 1.165) is 4.90 Å². The fraction of sp³-hybridized carbons (Fsp3) is 0.300. The van der Waals surface area contributed by atoms with Crippen LogP contribution < -0.4 is 5.32 Å². The number of hydrogen-bond acceptors (Lipinski definition) is 3. The van der Waals surface area contributed by atoms with E-state index >= 15 is 0 Å². The molecule has 1 N–H and O–H groups in total. The number of allylic oxidation sites excluding steroid dienone is 1. The molecule has 0 atom stereocenters. The Morgan fingerprint density at radius 3 is 2.47 bits per heavy atom. The van der Waals surface area contributed by atoms with Crippen molar-refractivity contribution >= 4 is 17.8 Å². The predicted octanol–water partition coefficient (Wildman–Crippen LogP) is 0.587. The third-order valence-corrected chi connectivity index (χ3v) is 1.96. The van der Waals surface area contributed by atoms with E-state index in [9.17, 15) is 14.4 Å². The largest absolute Gasteiger partial charge is 0.331 e. The van der Waals surface area contributed by atoms with E-state index in [1.807, 2.05) is 0 Å². The number of amides is 4. The normalized spacial score (nSPS) is 16.5. The molecule has 0 aromatic rings. The van der Waals surface area contributed by atoms with E-state index in [0.29, 0.717) is 5.57 Å². The molecule has 0 aromatic heterocycles. The minimum absolute atomic E-state index is 0.0245. The minimum atomic E-state index is -0.699. The molecule has 0 radical (unpaired) electrons. The van der Waals surface area contributed by atoms with Crippen LogP contribution in [0.2, 0.25) is 0 Å². The van der Waals surface area contributed by atoms with Gasteiger partial charge in [0.05, 0.1) is 0 Å². The summed E-state index contributed by atoms with van der Waals surface area (Å²) < 4.78 is 0. The lowest BCUT2D eigenvalue weighted by Crippen LogP contribution is -2.54. The van der Waals surface area contributed by atoms with Crippen molar-refractivity contribution < 1.29 is 14.4 Å². The van der Waals surface area contributed by atoms with Crippen molar-refractivity contribution in [2.75, 3.05) is 6.54 Å². The molecule has 0 aromatic carbocycles. The van der Waals surface area contributed by atoms with Crippen molar-refractivity contribution in [2.24, 2.45) is 0 Å². The summed E-state index contributed by atoms with van der Waals surface area (Å²) in [4.78, 5) is 35.3. The Bertz CT molecular complexity index is 378. The van der Waals surface area contributed by atoms with E-state index < -0.39 is 17.8 Å². The Kier molecular flexibility index (Phi) is 3.04. The van der Waals surface area contributed by atoms with Gasteiger partial charge in [0.15, 0.2) is 0 Å². The molecule has 1 heterocycles. The lowest BCUT2D eigenvalue weighted by Gasteiger charge is -2.25. The summed E-state index contributed by atoms with van der Waals surface area (Å²) in [6, 6.07) is -0.699. The van der Waals surface area contributed by atoms with Gasteiger partial charge in [-0.1, -0.05) is 11.6 Å². The van der Waals surface area contributed by atoms with Crippen LogP contribution in [-0.4, -0.2) is 29.3 Å². The van der Waals surface area contributed by atoms with Gasteiger partial charge in [-0.05, 0) is 13.8 Å². The van der Waals surface area contributed by atoms with Crippen LogP contribution in [0.3, 0.4) is 0 Å². The van der Waals surface area contributed by atoms with Gasteiger partial charge in [0.2, 0.25) is 0 Å². The number of carbonyl (C=O) groups is 3. The molecule has 4 amide bonds. The second kappa shape index (κ2) is 4.08. The third-order valence-electron chi connectivity index (χ3n) is 1.96. The molecule has 15 heavy (non-hydrogen) atoms. The van der Waals surface area contributed by atoms with E-state index in [-0.39, 0.29) is 12.1 Å². The first-order chi connectivity index (χ1) is 6.99. The summed E-state index contributed by atoms with van der Waals surface area (Å²) >= 11 is 0. The summed E-state index contributed by atoms with van der Waals surface area (Å²) in [5.74, 6) is -1.20. The summed E-state index contributed by atoms with van der Waals surface area (Å²) in [6.45, 7) is 6.82. The fourth-order valence-corrected chi connectivity index (χ4v) is 1.29. The Balaban J connectivity index is 3.11. The first-order valence-corrected chi connectivity index (χ1v) is 4.44. The Hall–Kier alpha value is -1.91. The second-order valence-corrected chi connectivity index (χ2v) is 3.34. The molecule has 0 unspecified atom stereocenters. The van der Waals surface area contributed by atoms with Gasteiger partial charge in [-0.25, -0.2) is 4.79 Å². The number of barbiturate groups is 1. The van der Waals surface area contributed by atoms with Crippen molar-refractivity contribution in [1.82, 2.24) is 10.2 Å². The summed E-state index contributed by atoms with van der Waals surface area (Å²) in [5.41, 5.74) is 0.607. The highest BCUT2D eigenvalue weighted by atomic mass is 16.2. The molecule has 0 aliphatic carbocycles. The quantitative estimate of drug-likeness (QED) is 0.410. The van der Waals surface area contributed by atoms with Crippen LogP contribution in [0.15, 0.2) is 23.8 Å². The van der Waals surface area contributed by atoms with E-state index in [4.69, 9.17) is 0 Å². The molecule has 1 rings (SSSR count). The lowest BCUT2D eigenvalue weighted by molar-refractivity contribution is -0.130. The van der Waals surface area contributed by atoms with Gasteiger partial charge in [-0.2, -0.15) is 0 Å². The van der Waals surface area contributed by atoms with Gasteiger partial charge in [0.1, 0.15) is 5.57 Å². The first-order valence-electron chi connectivity index (χ1n) is 4.44. The summed E-state index contributed by atoms with van der Waals surface area (Å²) in [6.07, 6.45) is 1.43. The van der Waals surface area contributed by atoms with Crippen molar-refractivity contribution in [3.8, 4) is 0 Å². The van der Waals surface area contributed by atoms with Crippen LogP contribution in [0.1, 0.15) is 13.8 Å². The molecule has 0 bridgehead atoms. The standard InChI is InChI=1S/C10H12N2O3/c1-4-5-12-9(14)7(6(2)3)8(13)11-10(12)15/h4H,1,5H2,2-3H3,(H,11,13,15). The zero-order valence-corrected chi connectivity index (χ0v) is 8.66. The van der Waals surface area contributed by atoms with Gasteiger partial charge in [-0.3, -0.25) is 19.8 Å². The van der Waals surface area contributed by atoms with Crippen LogP contribution in [0.5, 0.6) is 0 Å². The molecule has 0 spiro atoms. The van der Waals surface area contributed by atoms with Gasteiger partial charge in [-0.15, -0.1) is 6.58 Å². The molecule has 1 aliphatic heterocycles. The van der Waals surface area contributed by atoms with Crippen molar-refractivity contribution in [1.29, 1.82) is 0 Å². The SMILES string of the molecule is C=CCN1C(=O)NC(=O)C(=C(C)C)C1=O. The average molecular weight is 208 g/mol. The topological polar surface area (TPSA) is 66.5 Å². The van der Waals surface area contributed by atoms with Crippen LogP contribution in [0.25, 0.3) is 0 Å². The Labute approximate surface area is 87.4 Å². The molecule has 0 saturated carbocycles. The zero-order chi connectivity index (χ0) is 11.6. The highest BCUT2D eigenvalue weighted by molar-refractivity contribution is 6.29. The molecular weight excluding hydrogens is 196 g/mol. The van der Waals surface area contributed by atoms with Gasteiger partial charge < -0.3 is 0 Å². The number of imide groups is 2. The monoisotopic (exact) mass is 208 g/mol. The first kappa shape index (κ1) is 11.2. The summed E-state index contributed by atoms with van der Waals surface area (Å²) in [7, 11) is 0. The Morgan fingerprint density at radius 2 is 2.00 bits per heavy atom. The smallest absolute Gasteiger partial charge is 0.273 e. The minimum Gasteiger partial charge on any atom is -0.273 e. The van der Waals surface area contributed by atoms with Crippen LogP contribution >= 0.6 is 0 Å². The number of urea groups is 1. The molecule has 1 saturated heterocycles. The summed E-state index contributed by atoms with van der Waals surface area (Å²) in [5, 5.41) is 2.10. The number of carbonyl (C=O) groups excluding carboxylic acids is 3. The van der Waals surface area contributed by atoms with Crippen molar-refractivity contribution in [2.45, 2.75) is 13.8 Å². The average Bonchev–Trinajstić information content (AvgIpc) is 2.11. The van der Waals surface area contributed by atoms with Crippen LogP contribution in [-0.2, 0) is 9.59 Å². The molecule has 1 fully saturated rings. The maximum Gasteiger partial charge on any atom is 0.331 e. The third kappa shape index (κ3) is 1.96. The number of rotatable bonds is 2. The number of nitrogens with one attached hydrogen (secondary N) is 1. The van der Waals surface area contributed by atoms with Crippen LogP contribution in [0.4, 0.5) is 4.79 Å². The number of nitrogens with zero attached hydrogens (tertiary/aromatic N) is 1. The maximum absolute atomic E-state index is 11.7. The maximum atomic E-state index is 11.7. The van der Waals surface area contributed by atoms with Crippen molar-refractivity contribution in [3.05, 3.63) is 23.8 Å². The number of hydrogen-bond donors (Lipinski definition) is 1. The van der Waals surface area contributed by atoms with Gasteiger partial charge >= 0.3 is 6.03 Å². The zero-order valence-electron chi connectivity index (χ0n) is 8.66. The van der Waals surface area contributed by atoms with E-state index in [2.05, 4.69) is 11.9 Å². The predicted molar refractivity (Wildman–Crippen MR) is 53.8 cm³/mol. The molecular formula is C10H12N2O3. The molecule has 80 valence electrons. The fourth-order valence-electron chi connectivity index (χ4n) is 1.29. The molecule has 5 nitrogen and oxygen atoms in total. The molecule has 1 aliphatic rings. The lowest BCUT2D eigenvalue weighted by atomic mass is 10.1. The van der Waals surface area contributed by atoms with E-state index in [1.165, 1.54) is 6.08 Å². The van der Waals surface area contributed by atoms with E-state index in [1.54, 1.807) is 13.8 Å². The Morgan fingerprint density at radius 1 is 1.40 bits per heavy atom. The van der Waals surface area contributed by atoms with Crippen molar-refractivity contribution in [3.63, 3.8) is 0 Å².